The number of carboxylic acid groups (broad SMARTS) is 1. The summed E-state index contributed by atoms with van der Waals surface area (Å²) < 4.78 is 13.4. The molecule has 0 saturated carbocycles. The molecule has 1 rings (SSSR count). The minimum Gasteiger partial charge on any atom is -0.477 e. The van der Waals surface area contributed by atoms with Crippen LogP contribution in [0, 0.1) is 17.1 Å². The lowest BCUT2D eigenvalue weighted by atomic mass is 9.96. The lowest BCUT2D eigenvalue weighted by molar-refractivity contribution is -0.132. The first-order valence-electron chi connectivity index (χ1n) is 5.33. The van der Waals surface area contributed by atoms with Crippen LogP contribution in [-0.2, 0) is 4.79 Å². The van der Waals surface area contributed by atoms with Gasteiger partial charge in [-0.05, 0) is 45.6 Å². The standard InChI is InChI=1S/C13H11BrFNO2/c1-2-3-9(10(7-16)13(17)18)8-4-5-12(15)11(14)6-8/h4-6H,2-3H2,1H3,(H,17,18). The molecule has 0 aliphatic carbocycles. The number of carbonyl (C=O) groups is 1. The third-order valence-corrected chi connectivity index (χ3v) is 3.00. The molecule has 94 valence electrons. The molecule has 1 N–H and O–H groups in total. The quantitative estimate of drug-likeness (QED) is 0.680. The van der Waals surface area contributed by atoms with Gasteiger partial charge in [0.25, 0.3) is 0 Å². The fraction of sp³-hybridized carbons (Fsp3) is 0.231. The van der Waals surface area contributed by atoms with Crippen molar-refractivity contribution in [2.75, 3.05) is 0 Å². The Morgan fingerprint density at radius 2 is 2.22 bits per heavy atom. The number of hydrogen-bond acceptors (Lipinski definition) is 2. The third kappa shape index (κ3) is 3.17. The largest absolute Gasteiger partial charge is 0.477 e. The average Bonchev–Trinajstić information content (AvgIpc) is 2.32. The molecule has 0 fully saturated rings. The van der Waals surface area contributed by atoms with Gasteiger partial charge in [0, 0.05) is 0 Å². The van der Waals surface area contributed by atoms with E-state index in [9.17, 15) is 9.18 Å². The number of carboxylic acids is 1. The van der Waals surface area contributed by atoms with Gasteiger partial charge in [0.1, 0.15) is 17.5 Å². The van der Waals surface area contributed by atoms with Gasteiger partial charge in [0.05, 0.1) is 4.47 Å². The fourth-order valence-electron chi connectivity index (χ4n) is 1.59. The van der Waals surface area contributed by atoms with Crippen molar-refractivity contribution >= 4 is 27.5 Å². The molecular weight excluding hydrogens is 301 g/mol. The second-order valence-electron chi connectivity index (χ2n) is 3.65. The third-order valence-electron chi connectivity index (χ3n) is 2.40. The van der Waals surface area contributed by atoms with E-state index in [1.54, 1.807) is 6.07 Å². The number of hydrogen-bond donors (Lipinski definition) is 1. The second kappa shape index (κ2) is 6.31. The minimum atomic E-state index is -1.26. The average molecular weight is 312 g/mol. The van der Waals surface area contributed by atoms with Crippen LogP contribution in [0.2, 0.25) is 0 Å². The summed E-state index contributed by atoms with van der Waals surface area (Å²) in [4.78, 5) is 11.0. The van der Waals surface area contributed by atoms with Crippen molar-refractivity contribution in [3.63, 3.8) is 0 Å². The normalized spacial score (nSPS) is 11.7. The van der Waals surface area contributed by atoms with Gasteiger partial charge in [0.15, 0.2) is 0 Å². The van der Waals surface area contributed by atoms with Crippen LogP contribution in [-0.4, -0.2) is 11.1 Å². The van der Waals surface area contributed by atoms with Crippen molar-refractivity contribution < 1.29 is 14.3 Å². The summed E-state index contributed by atoms with van der Waals surface area (Å²) in [6.45, 7) is 1.88. The highest BCUT2D eigenvalue weighted by Gasteiger charge is 2.16. The summed E-state index contributed by atoms with van der Waals surface area (Å²) in [5.41, 5.74) is 0.674. The van der Waals surface area contributed by atoms with Crippen molar-refractivity contribution in [2.45, 2.75) is 19.8 Å². The summed E-state index contributed by atoms with van der Waals surface area (Å²) >= 11 is 3.05. The molecule has 1 aromatic rings. The maximum atomic E-state index is 13.1. The molecule has 1 aromatic carbocycles. The van der Waals surface area contributed by atoms with E-state index >= 15 is 0 Å². The number of aliphatic carboxylic acids is 1. The zero-order valence-electron chi connectivity index (χ0n) is 9.70. The maximum absolute atomic E-state index is 13.1. The fourth-order valence-corrected chi connectivity index (χ4v) is 1.97. The molecule has 0 bridgehead atoms. The Bertz CT molecular complexity index is 546. The molecule has 0 amide bonds. The number of allylic oxidation sites excluding steroid dienone is 1. The van der Waals surface area contributed by atoms with E-state index in [0.29, 0.717) is 24.0 Å². The van der Waals surface area contributed by atoms with E-state index in [0.717, 1.165) is 0 Å². The highest BCUT2D eigenvalue weighted by atomic mass is 79.9. The zero-order chi connectivity index (χ0) is 13.7. The second-order valence-corrected chi connectivity index (χ2v) is 4.50. The predicted molar refractivity (Wildman–Crippen MR) is 69.2 cm³/mol. The van der Waals surface area contributed by atoms with Crippen molar-refractivity contribution in [1.82, 2.24) is 0 Å². The SMILES string of the molecule is CCCC(=C(C#N)C(=O)O)c1ccc(F)c(Br)c1. The Kier molecular flexibility index (Phi) is 5.05. The highest BCUT2D eigenvalue weighted by Crippen LogP contribution is 2.27. The Morgan fingerprint density at radius 1 is 1.56 bits per heavy atom. The number of nitrogens with zero attached hydrogens (tertiary/aromatic N) is 1. The summed E-state index contributed by atoms with van der Waals surface area (Å²) in [7, 11) is 0. The van der Waals surface area contributed by atoms with E-state index < -0.39 is 11.8 Å². The van der Waals surface area contributed by atoms with E-state index in [2.05, 4.69) is 15.9 Å². The molecule has 0 aliphatic heterocycles. The summed E-state index contributed by atoms with van der Waals surface area (Å²) in [5, 5.41) is 17.9. The van der Waals surface area contributed by atoms with E-state index in [1.807, 2.05) is 6.92 Å². The molecule has 0 atom stereocenters. The van der Waals surface area contributed by atoms with Crippen LogP contribution >= 0.6 is 15.9 Å². The van der Waals surface area contributed by atoms with Gasteiger partial charge >= 0.3 is 5.97 Å². The number of rotatable bonds is 4. The Hall–Kier alpha value is -1.67. The molecular formula is C13H11BrFNO2. The van der Waals surface area contributed by atoms with Crippen molar-refractivity contribution in [3.8, 4) is 6.07 Å². The number of nitriles is 1. The van der Waals surface area contributed by atoms with Crippen LogP contribution < -0.4 is 0 Å². The monoisotopic (exact) mass is 311 g/mol. The molecule has 18 heavy (non-hydrogen) atoms. The molecule has 0 heterocycles. The summed E-state index contributed by atoms with van der Waals surface area (Å²) in [5.74, 6) is -1.69. The van der Waals surface area contributed by atoms with Gasteiger partial charge in [-0.3, -0.25) is 0 Å². The van der Waals surface area contributed by atoms with Gasteiger partial charge in [-0.1, -0.05) is 19.4 Å². The molecule has 3 nitrogen and oxygen atoms in total. The van der Waals surface area contributed by atoms with Crippen LogP contribution in [0.15, 0.2) is 28.2 Å². The van der Waals surface area contributed by atoms with Crippen LogP contribution in [0.4, 0.5) is 4.39 Å². The van der Waals surface area contributed by atoms with Crippen LogP contribution in [0.25, 0.3) is 5.57 Å². The Morgan fingerprint density at radius 3 is 2.67 bits per heavy atom. The van der Waals surface area contributed by atoms with Crippen LogP contribution in [0.5, 0.6) is 0 Å². The van der Waals surface area contributed by atoms with Crippen LogP contribution in [0.1, 0.15) is 25.3 Å². The van der Waals surface area contributed by atoms with Crippen molar-refractivity contribution in [3.05, 3.63) is 39.6 Å². The lowest BCUT2D eigenvalue weighted by Crippen LogP contribution is -2.03. The van der Waals surface area contributed by atoms with E-state index in [-0.39, 0.29) is 10.0 Å². The molecule has 0 aromatic heterocycles. The number of halogens is 2. The van der Waals surface area contributed by atoms with Crippen molar-refractivity contribution in [2.24, 2.45) is 0 Å². The van der Waals surface area contributed by atoms with Gasteiger partial charge in [-0.15, -0.1) is 0 Å². The Labute approximate surface area is 113 Å². The maximum Gasteiger partial charge on any atom is 0.346 e. The summed E-state index contributed by atoms with van der Waals surface area (Å²) in [6.07, 6.45) is 1.15. The van der Waals surface area contributed by atoms with Crippen LogP contribution in [0.3, 0.4) is 0 Å². The Balaban J connectivity index is 3.41. The molecule has 0 unspecified atom stereocenters. The first kappa shape index (κ1) is 14.4. The predicted octanol–water partition coefficient (Wildman–Crippen LogP) is 3.75. The molecule has 5 heteroatoms. The zero-order valence-corrected chi connectivity index (χ0v) is 11.3. The first-order valence-corrected chi connectivity index (χ1v) is 6.12. The van der Waals surface area contributed by atoms with Gasteiger partial charge in [-0.2, -0.15) is 5.26 Å². The summed E-state index contributed by atoms with van der Waals surface area (Å²) in [6, 6.07) is 5.90. The van der Waals surface area contributed by atoms with Gasteiger partial charge in [-0.25, -0.2) is 9.18 Å². The van der Waals surface area contributed by atoms with E-state index in [1.165, 1.54) is 18.2 Å². The van der Waals surface area contributed by atoms with Crippen molar-refractivity contribution in [1.29, 1.82) is 5.26 Å². The highest BCUT2D eigenvalue weighted by molar-refractivity contribution is 9.10. The molecule has 0 saturated heterocycles. The lowest BCUT2D eigenvalue weighted by Gasteiger charge is -2.08. The molecule has 0 aliphatic rings. The smallest absolute Gasteiger partial charge is 0.346 e. The molecule has 0 radical (unpaired) electrons. The number of benzene rings is 1. The topological polar surface area (TPSA) is 61.1 Å². The minimum absolute atomic E-state index is 0.247. The van der Waals surface area contributed by atoms with Gasteiger partial charge in [0.2, 0.25) is 0 Å². The molecule has 0 spiro atoms. The van der Waals surface area contributed by atoms with Gasteiger partial charge < -0.3 is 5.11 Å². The first-order chi connectivity index (χ1) is 8.51. The van der Waals surface area contributed by atoms with E-state index in [4.69, 9.17) is 10.4 Å².